The van der Waals surface area contributed by atoms with Gasteiger partial charge >= 0.3 is 0 Å². The molecule has 0 heterocycles. The molecule has 1 aromatic rings. The molecule has 0 saturated heterocycles. The molecule has 0 spiro atoms. The van der Waals surface area contributed by atoms with Crippen molar-refractivity contribution in [2.24, 2.45) is 5.41 Å². The Kier molecular flexibility index (Phi) is 5.09. The van der Waals surface area contributed by atoms with Gasteiger partial charge in [0.05, 0.1) is 6.61 Å². The number of ether oxygens (including phenoxy) is 1. The molecule has 1 aliphatic carbocycles. The van der Waals surface area contributed by atoms with Crippen molar-refractivity contribution < 1.29 is 4.74 Å². The van der Waals surface area contributed by atoms with Gasteiger partial charge < -0.3 is 10.1 Å². The van der Waals surface area contributed by atoms with E-state index in [4.69, 9.17) is 4.74 Å². The van der Waals surface area contributed by atoms with Gasteiger partial charge in [0.2, 0.25) is 0 Å². The summed E-state index contributed by atoms with van der Waals surface area (Å²) in [4.78, 5) is 0. The van der Waals surface area contributed by atoms with E-state index in [2.05, 4.69) is 50.4 Å². The Bertz CT molecular complexity index is 400. The first-order valence-electron chi connectivity index (χ1n) is 7.99. The Balaban J connectivity index is 1.87. The predicted octanol–water partition coefficient (Wildman–Crippen LogP) is 4.70. The standard InChI is InChI=1S/C18H29NO/c1-5-20-17-8-6-15(7-9-17)14(2)19-16-10-12-18(3,4)13-11-16/h6-9,14,16,19H,5,10-13H2,1-4H3. The molecule has 1 unspecified atom stereocenters. The maximum atomic E-state index is 5.49. The van der Waals surface area contributed by atoms with Crippen LogP contribution in [-0.2, 0) is 0 Å². The Morgan fingerprint density at radius 1 is 1.20 bits per heavy atom. The van der Waals surface area contributed by atoms with E-state index in [1.165, 1.54) is 31.2 Å². The highest BCUT2D eigenvalue weighted by molar-refractivity contribution is 5.29. The van der Waals surface area contributed by atoms with Crippen molar-refractivity contribution in [1.29, 1.82) is 0 Å². The molecule has 1 saturated carbocycles. The molecule has 1 aliphatic rings. The highest BCUT2D eigenvalue weighted by atomic mass is 16.5. The van der Waals surface area contributed by atoms with Crippen LogP contribution in [0.3, 0.4) is 0 Å². The third kappa shape index (κ3) is 4.24. The van der Waals surface area contributed by atoms with Crippen LogP contribution in [0.4, 0.5) is 0 Å². The topological polar surface area (TPSA) is 21.3 Å². The van der Waals surface area contributed by atoms with Crippen molar-refractivity contribution in [2.45, 2.75) is 65.5 Å². The minimum Gasteiger partial charge on any atom is -0.494 e. The zero-order chi connectivity index (χ0) is 14.6. The third-order valence-electron chi connectivity index (χ3n) is 4.52. The molecule has 20 heavy (non-hydrogen) atoms. The Hall–Kier alpha value is -1.02. The lowest BCUT2D eigenvalue weighted by atomic mass is 9.75. The summed E-state index contributed by atoms with van der Waals surface area (Å²) < 4.78 is 5.49. The van der Waals surface area contributed by atoms with Crippen LogP contribution in [0.2, 0.25) is 0 Å². The largest absolute Gasteiger partial charge is 0.494 e. The van der Waals surface area contributed by atoms with Crippen LogP contribution in [0.25, 0.3) is 0 Å². The van der Waals surface area contributed by atoms with Gasteiger partial charge in [0.1, 0.15) is 5.75 Å². The quantitative estimate of drug-likeness (QED) is 0.840. The van der Waals surface area contributed by atoms with Gasteiger partial charge in [-0.25, -0.2) is 0 Å². The molecular formula is C18H29NO. The van der Waals surface area contributed by atoms with Crippen LogP contribution in [-0.4, -0.2) is 12.6 Å². The van der Waals surface area contributed by atoms with Crippen molar-refractivity contribution in [3.05, 3.63) is 29.8 Å². The van der Waals surface area contributed by atoms with Gasteiger partial charge in [0.25, 0.3) is 0 Å². The van der Waals surface area contributed by atoms with Crippen molar-refractivity contribution in [3.63, 3.8) is 0 Å². The monoisotopic (exact) mass is 275 g/mol. The van der Waals surface area contributed by atoms with Gasteiger partial charge in [0.15, 0.2) is 0 Å². The molecule has 0 radical (unpaired) electrons. The summed E-state index contributed by atoms with van der Waals surface area (Å²) in [7, 11) is 0. The molecule has 1 atom stereocenters. The summed E-state index contributed by atoms with van der Waals surface area (Å²) in [6.07, 6.45) is 5.27. The zero-order valence-corrected chi connectivity index (χ0v) is 13.4. The summed E-state index contributed by atoms with van der Waals surface area (Å²) in [6.45, 7) is 9.78. The fraction of sp³-hybridized carbons (Fsp3) is 0.667. The second-order valence-corrected chi connectivity index (χ2v) is 6.83. The minimum atomic E-state index is 0.414. The van der Waals surface area contributed by atoms with E-state index in [9.17, 15) is 0 Å². The second-order valence-electron chi connectivity index (χ2n) is 6.83. The van der Waals surface area contributed by atoms with E-state index >= 15 is 0 Å². The van der Waals surface area contributed by atoms with Crippen LogP contribution in [0.1, 0.15) is 65.0 Å². The number of nitrogens with one attached hydrogen (secondary N) is 1. The molecule has 2 nitrogen and oxygen atoms in total. The molecule has 2 rings (SSSR count). The van der Waals surface area contributed by atoms with Gasteiger partial charge in [-0.2, -0.15) is 0 Å². The number of hydrogen-bond donors (Lipinski definition) is 1. The van der Waals surface area contributed by atoms with Crippen LogP contribution in [0.15, 0.2) is 24.3 Å². The lowest BCUT2D eigenvalue weighted by molar-refractivity contribution is 0.200. The van der Waals surface area contributed by atoms with E-state index in [1.807, 2.05) is 6.92 Å². The molecule has 0 aliphatic heterocycles. The molecule has 112 valence electrons. The average Bonchev–Trinajstić information content (AvgIpc) is 2.42. The van der Waals surface area contributed by atoms with Crippen LogP contribution < -0.4 is 10.1 Å². The summed E-state index contributed by atoms with van der Waals surface area (Å²) >= 11 is 0. The second kappa shape index (κ2) is 6.62. The zero-order valence-electron chi connectivity index (χ0n) is 13.4. The van der Waals surface area contributed by atoms with Crippen molar-refractivity contribution in [1.82, 2.24) is 5.32 Å². The maximum Gasteiger partial charge on any atom is 0.119 e. The smallest absolute Gasteiger partial charge is 0.119 e. The number of hydrogen-bond acceptors (Lipinski definition) is 2. The van der Waals surface area contributed by atoms with Gasteiger partial charge in [0, 0.05) is 12.1 Å². The van der Waals surface area contributed by atoms with Crippen molar-refractivity contribution in [3.8, 4) is 5.75 Å². The summed E-state index contributed by atoms with van der Waals surface area (Å²) in [5.41, 5.74) is 1.89. The highest BCUT2D eigenvalue weighted by Gasteiger charge is 2.27. The normalized spacial score (nSPS) is 20.6. The SMILES string of the molecule is CCOc1ccc(C(C)NC2CCC(C)(C)CC2)cc1. The fourth-order valence-electron chi connectivity index (χ4n) is 3.04. The van der Waals surface area contributed by atoms with Gasteiger partial charge in [-0.3, -0.25) is 0 Å². The van der Waals surface area contributed by atoms with E-state index < -0.39 is 0 Å². The predicted molar refractivity (Wildman–Crippen MR) is 85.2 cm³/mol. The maximum absolute atomic E-state index is 5.49. The van der Waals surface area contributed by atoms with Crippen LogP contribution in [0, 0.1) is 5.41 Å². The van der Waals surface area contributed by atoms with Crippen molar-refractivity contribution in [2.75, 3.05) is 6.61 Å². The summed E-state index contributed by atoms with van der Waals surface area (Å²) in [6, 6.07) is 9.58. The number of benzene rings is 1. The van der Waals surface area contributed by atoms with Gasteiger partial charge in [-0.05, 0) is 62.6 Å². The molecule has 0 aromatic heterocycles. The van der Waals surface area contributed by atoms with Crippen molar-refractivity contribution >= 4 is 0 Å². The molecule has 1 aromatic carbocycles. The minimum absolute atomic E-state index is 0.414. The van der Waals surface area contributed by atoms with E-state index in [0.29, 0.717) is 17.5 Å². The molecular weight excluding hydrogens is 246 g/mol. The molecule has 1 fully saturated rings. The number of rotatable bonds is 5. The summed E-state index contributed by atoms with van der Waals surface area (Å²) in [5.74, 6) is 0.961. The first kappa shape index (κ1) is 15.4. The Labute approximate surface area is 123 Å². The molecule has 0 bridgehead atoms. The molecule has 1 N–H and O–H groups in total. The molecule has 0 amide bonds. The van der Waals surface area contributed by atoms with E-state index in [0.717, 1.165) is 12.4 Å². The lowest BCUT2D eigenvalue weighted by Crippen LogP contribution is -2.36. The van der Waals surface area contributed by atoms with E-state index in [-0.39, 0.29) is 0 Å². The first-order valence-corrected chi connectivity index (χ1v) is 7.99. The van der Waals surface area contributed by atoms with E-state index in [1.54, 1.807) is 0 Å². The van der Waals surface area contributed by atoms with Gasteiger partial charge in [-0.15, -0.1) is 0 Å². The highest BCUT2D eigenvalue weighted by Crippen LogP contribution is 2.35. The third-order valence-corrected chi connectivity index (χ3v) is 4.52. The first-order chi connectivity index (χ1) is 9.50. The fourth-order valence-corrected chi connectivity index (χ4v) is 3.04. The molecule has 2 heteroatoms. The van der Waals surface area contributed by atoms with Gasteiger partial charge in [-0.1, -0.05) is 26.0 Å². The van der Waals surface area contributed by atoms with Crippen LogP contribution in [0.5, 0.6) is 5.75 Å². The Morgan fingerprint density at radius 3 is 2.35 bits per heavy atom. The van der Waals surface area contributed by atoms with Crippen LogP contribution >= 0.6 is 0 Å². The Morgan fingerprint density at radius 2 is 1.80 bits per heavy atom. The summed E-state index contributed by atoms with van der Waals surface area (Å²) in [5, 5.41) is 3.78. The lowest BCUT2D eigenvalue weighted by Gasteiger charge is -2.36. The average molecular weight is 275 g/mol.